The summed E-state index contributed by atoms with van der Waals surface area (Å²) >= 11 is 0. The first-order chi connectivity index (χ1) is 39.1. The van der Waals surface area contributed by atoms with Crippen molar-refractivity contribution in [2.75, 3.05) is 0 Å². The number of hydrogen-bond acceptors (Lipinski definition) is 0. The molecule has 0 bridgehead atoms. The van der Waals surface area contributed by atoms with Crippen LogP contribution in [0.4, 0.5) is 0 Å². The molecule has 2 aliphatic rings. The molecule has 0 heteroatoms. The highest BCUT2D eigenvalue weighted by Gasteiger charge is 2.38. The van der Waals surface area contributed by atoms with Crippen molar-refractivity contribution < 1.29 is 0 Å². The maximum absolute atomic E-state index is 2.47. The summed E-state index contributed by atoms with van der Waals surface area (Å²) in [5.41, 5.74) is 30.4. The van der Waals surface area contributed by atoms with Gasteiger partial charge in [0.1, 0.15) is 0 Å². The van der Waals surface area contributed by atoms with E-state index < -0.39 is 0 Å². The van der Waals surface area contributed by atoms with E-state index in [0.717, 1.165) is 0 Å². The van der Waals surface area contributed by atoms with Crippen molar-refractivity contribution in [2.24, 2.45) is 0 Å². The largest absolute Gasteiger partial charge is 0.0616 e. The minimum absolute atomic E-state index is 0.151. The number of rotatable bonds is 8. The molecule has 80 heavy (non-hydrogen) atoms. The first kappa shape index (κ1) is 47.6. The van der Waals surface area contributed by atoms with Gasteiger partial charge in [-0.15, -0.1) is 0 Å². The Morgan fingerprint density at radius 3 is 0.675 bits per heavy atom. The maximum Gasteiger partial charge on any atom is 0.0159 e. The normalized spacial score (nSPS) is 13.4. The van der Waals surface area contributed by atoms with Gasteiger partial charge >= 0.3 is 0 Å². The minimum atomic E-state index is -0.155. The van der Waals surface area contributed by atoms with Crippen molar-refractivity contribution in [2.45, 2.75) is 38.5 Å². The molecule has 13 aromatic rings. The van der Waals surface area contributed by atoms with Crippen LogP contribution in [-0.4, -0.2) is 0 Å². The molecule has 378 valence electrons. The molecule has 0 radical (unpaired) electrons. The van der Waals surface area contributed by atoms with Crippen LogP contribution in [0.5, 0.6) is 0 Å². The van der Waals surface area contributed by atoms with Crippen LogP contribution < -0.4 is 0 Å². The highest BCUT2D eigenvalue weighted by molar-refractivity contribution is 5.98. The average molecular weight is 1020 g/mol. The minimum Gasteiger partial charge on any atom is -0.0616 e. The van der Waals surface area contributed by atoms with E-state index in [1.165, 1.54) is 155 Å². The van der Waals surface area contributed by atoms with E-state index in [1.54, 1.807) is 0 Å². The summed E-state index contributed by atoms with van der Waals surface area (Å²) in [5, 5.41) is 5.10. The topological polar surface area (TPSA) is 0 Å². The first-order valence-electron chi connectivity index (χ1n) is 28.2. The lowest BCUT2D eigenvalue weighted by Crippen LogP contribution is -2.15. The molecule has 0 nitrogen and oxygen atoms in total. The fourth-order valence-electron chi connectivity index (χ4n) is 13.4. The van der Waals surface area contributed by atoms with Crippen LogP contribution >= 0.6 is 0 Å². The van der Waals surface area contributed by atoms with Crippen molar-refractivity contribution in [3.8, 4) is 111 Å². The summed E-state index contributed by atoms with van der Waals surface area (Å²) in [7, 11) is 0. The van der Waals surface area contributed by atoms with E-state index in [4.69, 9.17) is 0 Å². The summed E-state index contributed by atoms with van der Waals surface area (Å²) < 4.78 is 0. The SMILES string of the molecule is CC1(C)c2cc(-c3ccc(-c4ccc(-c5ccc(-c6cccc7ccccc67)cc5)cc4)cc3)ccc2-c2ccc(-c3ccc4c(c3)C(C)(C)c3cc(-c5ccc(-c6ccc(-c7cccc8ccccc78)cc6)cc5)ccc3-4)cc21. The zero-order valence-electron chi connectivity index (χ0n) is 45.6. The zero-order chi connectivity index (χ0) is 53.7. The second-order valence-electron chi connectivity index (χ2n) is 23.2. The van der Waals surface area contributed by atoms with Crippen LogP contribution in [0.1, 0.15) is 49.9 Å². The molecule has 15 rings (SSSR count). The third kappa shape index (κ3) is 7.89. The van der Waals surface area contributed by atoms with Crippen LogP contribution in [0.3, 0.4) is 0 Å². The molecule has 0 aliphatic heterocycles. The molecule has 0 fully saturated rings. The maximum atomic E-state index is 2.47. The van der Waals surface area contributed by atoms with Gasteiger partial charge < -0.3 is 0 Å². The number of hydrogen-bond donors (Lipinski definition) is 0. The fraction of sp³-hybridized carbons (Fsp3) is 0.0750. The quantitative estimate of drug-likeness (QED) is 0.142. The Bertz CT molecular complexity index is 4560. The molecule has 0 unspecified atom stereocenters. The molecular weight excluding hydrogens is 961 g/mol. The van der Waals surface area contributed by atoms with E-state index in [0.29, 0.717) is 0 Å². The summed E-state index contributed by atoms with van der Waals surface area (Å²) in [6, 6.07) is 104. The molecule has 0 aromatic heterocycles. The summed E-state index contributed by atoms with van der Waals surface area (Å²) in [4.78, 5) is 0. The molecule has 0 spiro atoms. The van der Waals surface area contributed by atoms with Gasteiger partial charge in [-0.05, 0) is 179 Å². The lowest BCUT2D eigenvalue weighted by Gasteiger charge is -2.24. The van der Waals surface area contributed by atoms with Crippen molar-refractivity contribution in [3.05, 3.63) is 301 Å². The predicted molar refractivity (Wildman–Crippen MR) is 340 cm³/mol. The third-order valence-electron chi connectivity index (χ3n) is 18.0. The predicted octanol–water partition coefficient (Wildman–Crippen LogP) is 21.9. The average Bonchev–Trinajstić information content (AvgIpc) is 4.05. The van der Waals surface area contributed by atoms with E-state index in [-0.39, 0.29) is 10.8 Å². The summed E-state index contributed by atoms with van der Waals surface area (Å²) in [5.74, 6) is 0. The van der Waals surface area contributed by atoms with Gasteiger partial charge in [-0.3, -0.25) is 0 Å². The Hall–Kier alpha value is -9.62. The van der Waals surface area contributed by atoms with Crippen molar-refractivity contribution in [1.82, 2.24) is 0 Å². The number of benzene rings is 13. The Morgan fingerprint density at radius 1 is 0.175 bits per heavy atom. The number of fused-ring (bicyclic) bond motifs is 8. The second-order valence-corrected chi connectivity index (χ2v) is 23.2. The molecule has 0 saturated carbocycles. The Kier molecular flexibility index (Phi) is 11.0. The zero-order valence-corrected chi connectivity index (χ0v) is 45.6. The van der Waals surface area contributed by atoms with Crippen LogP contribution in [0.25, 0.3) is 133 Å². The van der Waals surface area contributed by atoms with Gasteiger partial charge in [-0.2, -0.15) is 0 Å². The Labute approximate surface area is 470 Å². The van der Waals surface area contributed by atoms with Gasteiger partial charge in [0.2, 0.25) is 0 Å². The van der Waals surface area contributed by atoms with Gasteiger partial charge in [-0.25, -0.2) is 0 Å². The molecule has 2 aliphatic carbocycles. The molecule has 0 heterocycles. The van der Waals surface area contributed by atoms with Gasteiger partial charge in [0, 0.05) is 10.8 Å². The highest BCUT2D eigenvalue weighted by Crippen LogP contribution is 2.53. The van der Waals surface area contributed by atoms with Crippen molar-refractivity contribution in [1.29, 1.82) is 0 Å². The lowest BCUT2D eigenvalue weighted by molar-refractivity contribution is 0.660. The van der Waals surface area contributed by atoms with Crippen molar-refractivity contribution in [3.63, 3.8) is 0 Å². The molecular formula is C80H58. The van der Waals surface area contributed by atoms with Crippen molar-refractivity contribution >= 4 is 21.5 Å². The summed E-state index contributed by atoms with van der Waals surface area (Å²) in [6.07, 6.45) is 0. The van der Waals surface area contributed by atoms with Gasteiger partial charge in [0.05, 0.1) is 0 Å². The molecule has 0 amide bonds. The Morgan fingerprint density at radius 2 is 0.388 bits per heavy atom. The van der Waals surface area contributed by atoms with Gasteiger partial charge in [-0.1, -0.05) is 282 Å². The van der Waals surface area contributed by atoms with E-state index in [2.05, 4.69) is 307 Å². The van der Waals surface area contributed by atoms with Crippen LogP contribution in [0, 0.1) is 0 Å². The van der Waals surface area contributed by atoms with Gasteiger partial charge in [0.15, 0.2) is 0 Å². The second kappa shape index (κ2) is 18.5. The smallest absolute Gasteiger partial charge is 0.0159 e. The van der Waals surface area contributed by atoms with Gasteiger partial charge in [0.25, 0.3) is 0 Å². The fourth-order valence-corrected chi connectivity index (χ4v) is 13.4. The molecule has 0 saturated heterocycles. The third-order valence-corrected chi connectivity index (χ3v) is 18.0. The van der Waals surface area contributed by atoms with E-state index >= 15 is 0 Å². The Balaban J connectivity index is 0.637. The molecule has 13 aromatic carbocycles. The van der Waals surface area contributed by atoms with E-state index in [9.17, 15) is 0 Å². The molecule has 0 atom stereocenters. The summed E-state index contributed by atoms with van der Waals surface area (Å²) in [6.45, 7) is 9.59. The van der Waals surface area contributed by atoms with Crippen LogP contribution in [-0.2, 0) is 10.8 Å². The van der Waals surface area contributed by atoms with Crippen LogP contribution in [0.2, 0.25) is 0 Å². The monoisotopic (exact) mass is 1020 g/mol. The standard InChI is InChI=1S/C80H58/c1-79(2)75-47-63(57-27-23-53(24-28-57)51-19-21-52(22-20-51)55-31-35-61(36-32-55)69-17-9-13-59-11-5-7-15-67(59)69)39-43-71(75)73-45-41-65(49-77(73)79)66-42-46-74-72-44-40-64(48-76(72)80(3,4)78(74)50-66)58-29-25-54(26-30-58)56-33-37-62(38-34-56)70-18-10-14-60-12-6-8-16-68(60)70/h5-50H,1-4H3. The van der Waals surface area contributed by atoms with Crippen LogP contribution in [0.15, 0.2) is 279 Å². The van der Waals surface area contributed by atoms with E-state index in [1.807, 2.05) is 0 Å². The first-order valence-corrected chi connectivity index (χ1v) is 28.2. The molecule has 0 N–H and O–H groups in total. The lowest BCUT2D eigenvalue weighted by atomic mass is 9.79. The highest BCUT2D eigenvalue weighted by atomic mass is 14.4.